The van der Waals surface area contributed by atoms with Crippen LogP contribution in [0.25, 0.3) is 11.4 Å². The van der Waals surface area contributed by atoms with Crippen LogP contribution in [0.1, 0.15) is 19.4 Å². The molecule has 0 radical (unpaired) electrons. The number of pyridine rings is 1. The largest absolute Gasteiger partial charge is 0.497 e. The number of methoxy groups -OCH3 is 1. The second kappa shape index (κ2) is 9.75. The second-order valence-corrected chi connectivity index (χ2v) is 8.01. The fraction of sp³-hybridized carbons (Fsp3) is 0.375. The third kappa shape index (κ3) is 5.30. The van der Waals surface area contributed by atoms with Crippen LogP contribution in [0, 0.1) is 5.92 Å². The highest BCUT2D eigenvalue weighted by molar-refractivity contribution is 5.58. The first-order chi connectivity index (χ1) is 15.1. The smallest absolute Gasteiger partial charge is 0.219 e. The molecular weight excluding hydrogens is 390 g/mol. The Morgan fingerprint density at radius 1 is 1.10 bits per heavy atom. The molecule has 4 rings (SSSR count). The summed E-state index contributed by atoms with van der Waals surface area (Å²) in [6.07, 6.45) is 3.51. The molecule has 1 unspecified atom stereocenters. The molecule has 0 amide bonds. The van der Waals surface area contributed by atoms with Crippen LogP contribution in [0.4, 0.5) is 5.82 Å². The zero-order valence-electron chi connectivity index (χ0n) is 18.3. The van der Waals surface area contributed by atoms with Gasteiger partial charge in [-0.05, 0) is 35.7 Å². The van der Waals surface area contributed by atoms with Crippen LogP contribution >= 0.6 is 0 Å². The number of hydrogen-bond donors (Lipinski definition) is 1. The molecule has 1 N–H and O–H groups in total. The first kappa shape index (κ1) is 21.1. The number of piperazine rings is 1. The first-order valence-electron chi connectivity index (χ1n) is 10.7. The number of ether oxygens (including phenoxy) is 2. The van der Waals surface area contributed by atoms with Gasteiger partial charge in [-0.1, -0.05) is 26.0 Å². The standard InChI is InChI=1S/C24H29N5O2/c1-17(2)21-15-29(13-12-26-21)22-14-23(28-24(27-22)19-8-10-25-11-9-19)31-16-18-4-6-20(30-3)7-5-18/h4-11,14,17,21,26H,12-13,15-16H2,1-3H3. The van der Waals surface area contributed by atoms with Crippen molar-refractivity contribution in [1.82, 2.24) is 20.3 Å². The molecule has 1 fully saturated rings. The van der Waals surface area contributed by atoms with E-state index in [1.54, 1.807) is 19.5 Å². The van der Waals surface area contributed by atoms with Crippen LogP contribution in [-0.4, -0.2) is 47.7 Å². The van der Waals surface area contributed by atoms with Crippen LogP contribution < -0.4 is 19.7 Å². The van der Waals surface area contributed by atoms with Gasteiger partial charge < -0.3 is 19.7 Å². The Kier molecular flexibility index (Phi) is 6.62. The molecule has 1 aromatic carbocycles. The molecule has 3 heterocycles. The van der Waals surface area contributed by atoms with Crippen LogP contribution in [0.5, 0.6) is 11.6 Å². The van der Waals surface area contributed by atoms with E-state index in [1.165, 1.54) is 0 Å². The Balaban J connectivity index is 1.60. The van der Waals surface area contributed by atoms with Crippen molar-refractivity contribution in [2.75, 3.05) is 31.6 Å². The van der Waals surface area contributed by atoms with Crippen LogP contribution in [0.15, 0.2) is 54.9 Å². The van der Waals surface area contributed by atoms with Gasteiger partial charge in [0.25, 0.3) is 0 Å². The highest BCUT2D eigenvalue weighted by Crippen LogP contribution is 2.25. The highest BCUT2D eigenvalue weighted by Gasteiger charge is 2.24. The van der Waals surface area contributed by atoms with Crippen molar-refractivity contribution in [2.24, 2.45) is 5.92 Å². The Labute approximate surface area is 183 Å². The predicted octanol–water partition coefficient (Wildman–Crippen LogP) is 3.56. The highest BCUT2D eigenvalue weighted by atomic mass is 16.5. The number of anilines is 1. The third-order valence-corrected chi connectivity index (χ3v) is 5.51. The van der Waals surface area contributed by atoms with Gasteiger partial charge in [0.1, 0.15) is 18.2 Å². The van der Waals surface area contributed by atoms with Crippen molar-refractivity contribution in [3.63, 3.8) is 0 Å². The first-order valence-corrected chi connectivity index (χ1v) is 10.7. The predicted molar refractivity (Wildman–Crippen MR) is 121 cm³/mol. The molecule has 2 aromatic heterocycles. The Hall–Kier alpha value is -3.19. The van der Waals surface area contributed by atoms with Crippen LogP contribution in [0.2, 0.25) is 0 Å². The number of aromatic nitrogens is 3. The average Bonchev–Trinajstić information content (AvgIpc) is 2.83. The van der Waals surface area contributed by atoms with Gasteiger partial charge in [-0.15, -0.1) is 0 Å². The van der Waals surface area contributed by atoms with E-state index >= 15 is 0 Å². The van der Waals surface area contributed by atoms with E-state index < -0.39 is 0 Å². The molecule has 162 valence electrons. The zero-order chi connectivity index (χ0) is 21.6. The summed E-state index contributed by atoms with van der Waals surface area (Å²) in [5, 5.41) is 3.60. The topological polar surface area (TPSA) is 72.4 Å². The molecular formula is C24H29N5O2. The lowest BCUT2D eigenvalue weighted by Crippen LogP contribution is -2.53. The van der Waals surface area contributed by atoms with Gasteiger partial charge in [-0.3, -0.25) is 4.98 Å². The minimum Gasteiger partial charge on any atom is -0.497 e. The summed E-state index contributed by atoms with van der Waals surface area (Å²) in [5.41, 5.74) is 1.97. The lowest BCUT2D eigenvalue weighted by Gasteiger charge is -2.36. The molecule has 0 bridgehead atoms. The summed E-state index contributed by atoms with van der Waals surface area (Å²) in [6.45, 7) is 7.64. The van der Waals surface area contributed by atoms with Crippen molar-refractivity contribution in [3.05, 3.63) is 60.4 Å². The van der Waals surface area contributed by atoms with E-state index in [0.29, 0.717) is 30.3 Å². The molecule has 31 heavy (non-hydrogen) atoms. The van der Waals surface area contributed by atoms with Crippen molar-refractivity contribution in [3.8, 4) is 23.0 Å². The summed E-state index contributed by atoms with van der Waals surface area (Å²) in [5.74, 6) is 3.47. The van der Waals surface area contributed by atoms with E-state index in [4.69, 9.17) is 14.5 Å². The van der Waals surface area contributed by atoms with E-state index in [0.717, 1.165) is 42.3 Å². The van der Waals surface area contributed by atoms with Gasteiger partial charge in [0.2, 0.25) is 5.88 Å². The number of hydrogen-bond acceptors (Lipinski definition) is 7. The molecule has 7 heteroatoms. The maximum absolute atomic E-state index is 6.08. The fourth-order valence-electron chi connectivity index (χ4n) is 3.59. The van der Waals surface area contributed by atoms with Crippen molar-refractivity contribution in [2.45, 2.75) is 26.5 Å². The molecule has 0 spiro atoms. The monoisotopic (exact) mass is 419 g/mol. The minimum atomic E-state index is 0.423. The normalized spacial score (nSPS) is 16.4. The van der Waals surface area contributed by atoms with E-state index in [9.17, 15) is 0 Å². The third-order valence-electron chi connectivity index (χ3n) is 5.51. The van der Waals surface area contributed by atoms with Crippen LogP contribution in [0.3, 0.4) is 0 Å². The quantitative estimate of drug-likeness (QED) is 0.628. The minimum absolute atomic E-state index is 0.423. The number of benzene rings is 1. The summed E-state index contributed by atoms with van der Waals surface area (Å²) >= 11 is 0. The maximum atomic E-state index is 6.08. The van der Waals surface area contributed by atoms with Crippen molar-refractivity contribution < 1.29 is 9.47 Å². The van der Waals surface area contributed by atoms with Crippen LogP contribution in [-0.2, 0) is 6.61 Å². The second-order valence-electron chi connectivity index (χ2n) is 8.01. The molecule has 1 atom stereocenters. The Morgan fingerprint density at radius 2 is 1.87 bits per heavy atom. The van der Waals surface area contributed by atoms with Crippen molar-refractivity contribution >= 4 is 5.82 Å². The van der Waals surface area contributed by atoms with Gasteiger partial charge in [0.05, 0.1) is 7.11 Å². The van der Waals surface area contributed by atoms with E-state index in [2.05, 4.69) is 34.0 Å². The molecule has 1 aliphatic heterocycles. The van der Waals surface area contributed by atoms with E-state index in [1.807, 2.05) is 42.5 Å². The summed E-state index contributed by atoms with van der Waals surface area (Å²) in [6, 6.07) is 14.1. The molecule has 0 saturated carbocycles. The van der Waals surface area contributed by atoms with E-state index in [-0.39, 0.29) is 0 Å². The van der Waals surface area contributed by atoms with Crippen molar-refractivity contribution in [1.29, 1.82) is 0 Å². The summed E-state index contributed by atoms with van der Waals surface area (Å²) in [4.78, 5) is 16.0. The zero-order valence-corrected chi connectivity index (χ0v) is 18.3. The van der Waals surface area contributed by atoms with Gasteiger partial charge in [0, 0.05) is 49.7 Å². The fourth-order valence-corrected chi connectivity index (χ4v) is 3.59. The molecule has 3 aromatic rings. The van der Waals surface area contributed by atoms with Gasteiger partial charge in [-0.25, -0.2) is 4.98 Å². The molecule has 0 aliphatic carbocycles. The summed E-state index contributed by atoms with van der Waals surface area (Å²) in [7, 11) is 1.66. The lowest BCUT2D eigenvalue weighted by atomic mass is 10.0. The maximum Gasteiger partial charge on any atom is 0.219 e. The van der Waals surface area contributed by atoms with Gasteiger partial charge in [0.15, 0.2) is 5.82 Å². The Morgan fingerprint density at radius 3 is 2.58 bits per heavy atom. The number of rotatable bonds is 7. The molecule has 1 saturated heterocycles. The SMILES string of the molecule is COc1ccc(COc2cc(N3CCNC(C(C)C)C3)nc(-c3ccncc3)n2)cc1. The number of nitrogens with one attached hydrogen (secondary N) is 1. The summed E-state index contributed by atoms with van der Waals surface area (Å²) < 4.78 is 11.3. The average molecular weight is 420 g/mol. The van der Waals surface area contributed by atoms with Gasteiger partial charge in [-0.2, -0.15) is 4.98 Å². The molecule has 1 aliphatic rings. The number of nitrogens with zero attached hydrogens (tertiary/aromatic N) is 4. The molecule has 7 nitrogen and oxygen atoms in total. The van der Waals surface area contributed by atoms with Gasteiger partial charge >= 0.3 is 0 Å². The Bertz CT molecular complexity index is 979. The lowest BCUT2D eigenvalue weighted by molar-refractivity contribution is 0.293.